The topological polar surface area (TPSA) is 75.6 Å². The van der Waals surface area contributed by atoms with Crippen LogP contribution in [0.4, 0.5) is 0 Å². The molecular formula is C18H25NO4. The fourth-order valence-corrected chi connectivity index (χ4v) is 2.91. The molecule has 2 N–H and O–H groups in total. The molecule has 0 radical (unpaired) electrons. The number of amides is 1. The van der Waals surface area contributed by atoms with E-state index in [0.29, 0.717) is 13.0 Å². The van der Waals surface area contributed by atoms with Crippen LogP contribution in [0.3, 0.4) is 0 Å². The number of aliphatic carboxylic acids is 1. The Labute approximate surface area is 137 Å². The van der Waals surface area contributed by atoms with Gasteiger partial charge in [-0.25, -0.2) is 0 Å². The lowest BCUT2D eigenvalue weighted by Gasteiger charge is -2.27. The number of carbonyl (C=O) groups excluding carboxylic acids is 1. The molecule has 23 heavy (non-hydrogen) atoms. The third kappa shape index (κ3) is 5.36. The summed E-state index contributed by atoms with van der Waals surface area (Å²) in [6, 6.07) is 8.06. The molecule has 2 rings (SSSR count). The van der Waals surface area contributed by atoms with Crippen LogP contribution in [0.15, 0.2) is 24.3 Å². The summed E-state index contributed by atoms with van der Waals surface area (Å²) in [5.41, 5.74) is 1.46. The van der Waals surface area contributed by atoms with Gasteiger partial charge in [0, 0.05) is 6.61 Å². The summed E-state index contributed by atoms with van der Waals surface area (Å²) >= 11 is 0. The highest BCUT2D eigenvalue weighted by Crippen LogP contribution is 2.23. The molecule has 1 unspecified atom stereocenters. The first kappa shape index (κ1) is 17.5. The number of benzene rings is 1. The second-order valence-electron chi connectivity index (χ2n) is 6.30. The zero-order valence-corrected chi connectivity index (χ0v) is 13.6. The molecule has 0 spiro atoms. The number of ether oxygens (including phenoxy) is 1. The lowest BCUT2D eigenvalue weighted by atomic mass is 9.93. The average Bonchev–Trinajstić information content (AvgIpc) is 2.93. The van der Waals surface area contributed by atoms with Crippen molar-refractivity contribution in [1.29, 1.82) is 0 Å². The maximum absolute atomic E-state index is 12.3. The molecule has 126 valence electrons. The van der Waals surface area contributed by atoms with Gasteiger partial charge < -0.3 is 15.2 Å². The lowest BCUT2D eigenvalue weighted by Crippen LogP contribution is -2.51. The Morgan fingerprint density at radius 3 is 2.52 bits per heavy atom. The van der Waals surface area contributed by atoms with Crippen molar-refractivity contribution in [2.24, 2.45) is 0 Å². The maximum Gasteiger partial charge on any atom is 0.305 e. The van der Waals surface area contributed by atoms with Crippen LogP contribution in [0.1, 0.15) is 43.7 Å². The van der Waals surface area contributed by atoms with E-state index >= 15 is 0 Å². The van der Waals surface area contributed by atoms with Crippen molar-refractivity contribution in [3.63, 3.8) is 0 Å². The quantitative estimate of drug-likeness (QED) is 0.771. The minimum Gasteiger partial charge on any atom is -0.481 e. The smallest absolute Gasteiger partial charge is 0.305 e. The molecule has 1 atom stereocenters. The average molecular weight is 319 g/mol. The fourth-order valence-electron chi connectivity index (χ4n) is 2.91. The molecule has 5 nitrogen and oxygen atoms in total. The number of carbonyl (C=O) groups is 2. The van der Waals surface area contributed by atoms with E-state index in [2.05, 4.69) is 24.4 Å². The van der Waals surface area contributed by atoms with E-state index in [9.17, 15) is 9.59 Å². The molecule has 1 amide bonds. The Balaban J connectivity index is 1.91. The summed E-state index contributed by atoms with van der Waals surface area (Å²) in [6.07, 6.45) is 4.09. The summed E-state index contributed by atoms with van der Waals surface area (Å²) in [6.45, 7) is 2.92. The first-order chi connectivity index (χ1) is 11.0. The van der Waals surface area contributed by atoms with Crippen LogP contribution in [-0.2, 0) is 27.2 Å². The van der Waals surface area contributed by atoms with E-state index < -0.39 is 11.5 Å². The van der Waals surface area contributed by atoms with Gasteiger partial charge in [-0.2, -0.15) is 0 Å². The standard InChI is InChI=1S/C18H25NO4/c1-2-3-4-14-5-7-15(8-6-14)11-16(20)19-18(12-17(21)22)9-10-23-13-18/h5-8H,2-4,9-13H2,1H3,(H,19,20)(H,21,22). The minimum absolute atomic E-state index is 0.102. The normalized spacial score (nSPS) is 20.4. The maximum atomic E-state index is 12.3. The molecular weight excluding hydrogens is 294 g/mol. The molecule has 1 aliphatic heterocycles. The van der Waals surface area contributed by atoms with Gasteiger partial charge in [0.1, 0.15) is 0 Å². The van der Waals surface area contributed by atoms with Crippen LogP contribution in [-0.4, -0.2) is 35.7 Å². The van der Waals surface area contributed by atoms with Gasteiger partial charge in [0.05, 0.1) is 25.0 Å². The third-order valence-corrected chi connectivity index (χ3v) is 4.20. The van der Waals surface area contributed by atoms with Crippen LogP contribution in [0.25, 0.3) is 0 Å². The molecule has 0 aromatic heterocycles. The highest BCUT2D eigenvalue weighted by Gasteiger charge is 2.38. The molecule has 5 heteroatoms. The van der Waals surface area contributed by atoms with Gasteiger partial charge in [0.25, 0.3) is 0 Å². The summed E-state index contributed by atoms with van der Waals surface area (Å²) in [5, 5.41) is 11.9. The van der Waals surface area contributed by atoms with E-state index in [0.717, 1.165) is 24.8 Å². The van der Waals surface area contributed by atoms with Crippen LogP contribution >= 0.6 is 0 Å². The Morgan fingerprint density at radius 2 is 1.96 bits per heavy atom. The van der Waals surface area contributed by atoms with E-state index in [1.54, 1.807) is 0 Å². The molecule has 0 aliphatic carbocycles. The highest BCUT2D eigenvalue weighted by molar-refractivity contribution is 5.80. The van der Waals surface area contributed by atoms with Gasteiger partial charge in [-0.1, -0.05) is 37.6 Å². The second kappa shape index (κ2) is 8.11. The van der Waals surface area contributed by atoms with Gasteiger partial charge in [0.2, 0.25) is 5.91 Å². The molecule has 0 bridgehead atoms. The first-order valence-electron chi connectivity index (χ1n) is 8.21. The molecule has 1 fully saturated rings. The van der Waals surface area contributed by atoms with Crippen LogP contribution in [0, 0.1) is 0 Å². The van der Waals surface area contributed by atoms with Crippen molar-refractivity contribution in [3.8, 4) is 0 Å². The molecule has 1 saturated heterocycles. The Morgan fingerprint density at radius 1 is 1.26 bits per heavy atom. The Kier molecular flexibility index (Phi) is 6.16. The van der Waals surface area contributed by atoms with Gasteiger partial charge in [-0.15, -0.1) is 0 Å². The van der Waals surface area contributed by atoms with Gasteiger partial charge >= 0.3 is 5.97 Å². The second-order valence-corrected chi connectivity index (χ2v) is 6.30. The number of carboxylic acids is 1. The lowest BCUT2D eigenvalue weighted by molar-refractivity contribution is -0.139. The summed E-state index contributed by atoms with van der Waals surface area (Å²) in [4.78, 5) is 23.3. The van der Waals surface area contributed by atoms with Gasteiger partial charge in [-0.3, -0.25) is 9.59 Å². The predicted octanol–water partition coefficient (Wildman–Crippen LogP) is 2.32. The van der Waals surface area contributed by atoms with Gasteiger partial charge in [0.15, 0.2) is 0 Å². The van der Waals surface area contributed by atoms with Crippen molar-refractivity contribution in [2.45, 2.75) is 51.0 Å². The van der Waals surface area contributed by atoms with E-state index in [-0.39, 0.29) is 25.4 Å². The van der Waals surface area contributed by atoms with Crippen LogP contribution in [0.5, 0.6) is 0 Å². The van der Waals surface area contributed by atoms with Crippen molar-refractivity contribution < 1.29 is 19.4 Å². The van der Waals surface area contributed by atoms with Crippen LogP contribution < -0.4 is 5.32 Å². The minimum atomic E-state index is -0.920. The molecule has 1 aromatic rings. The fraction of sp³-hybridized carbons (Fsp3) is 0.556. The third-order valence-electron chi connectivity index (χ3n) is 4.20. The zero-order valence-electron chi connectivity index (χ0n) is 13.6. The number of nitrogens with one attached hydrogen (secondary N) is 1. The van der Waals surface area contributed by atoms with Crippen molar-refractivity contribution in [2.75, 3.05) is 13.2 Å². The summed E-state index contributed by atoms with van der Waals surface area (Å²) in [7, 11) is 0. The number of unbranched alkanes of at least 4 members (excludes halogenated alkanes) is 1. The Hall–Kier alpha value is -1.88. The summed E-state index contributed by atoms with van der Waals surface area (Å²) in [5.74, 6) is -1.07. The number of hydrogen-bond acceptors (Lipinski definition) is 3. The predicted molar refractivity (Wildman–Crippen MR) is 87.3 cm³/mol. The van der Waals surface area contributed by atoms with Crippen molar-refractivity contribution >= 4 is 11.9 Å². The Bertz CT molecular complexity index is 532. The largest absolute Gasteiger partial charge is 0.481 e. The molecule has 1 heterocycles. The zero-order chi connectivity index (χ0) is 16.7. The summed E-state index contributed by atoms with van der Waals surface area (Å²) < 4.78 is 5.29. The first-order valence-corrected chi connectivity index (χ1v) is 8.21. The molecule has 1 aromatic carbocycles. The monoisotopic (exact) mass is 319 g/mol. The number of carboxylic acid groups (broad SMARTS) is 1. The SMILES string of the molecule is CCCCc1ccc(CC(=O)NC2(CC(=O)O)CCOC2)cc1. The van der Waals surface area contributed by atoms with Crippen molar-refractivity contribution in [3.05, 3.63) is 35.4 Å². The number of rotatable bonds is 8. The van der Waals surface area contributed by atoms with E-state index in [4.69, 9.17) is 9.84 Å². The molecule has 0 saturated carbocycles. The number of hydrogen-bond donors (Lipinski definition) is 2. The number of aryl methyl sites for hydroxylation is 1. The van der Waals surface area contributed by atoms with E-state index in [1.807, 2.05) is 12.1 Å². The highest BCUT2D eigenvalue weighted by atomic mass is 16.5. The van der Waals surface area contributed by atoms with E-state index in [1.165, 1.54) is 5.56 Å². The van der Waals surface area contributed by atoms with Gasteiger partial charge in [-0.05, 0) is 30.4 Å². The van der Waals surface area contributed by atoms with Crippen LogP contribution in [0.2, 0.25) is 0 Å². The molecule has 1 aliphatic rings. The van der Waals surface area contributed by atoms with Crippen molar-refractivity contribution in [1.82, 2.24) is 5.32 Å².